The minimum atomic E-state index is -0.621. The number of rotatable bonds is 6. The second-order valence-electron chi connectivity index (χ2n) is 6.18. The molecule has 0 saturated carbocycles. The zero-order valence-corrected chi connectivity index (χ0v) is 15.7. The van der Waals surface area contributed by atoms with Crippen molar-refractivity contribution in [2.45, 2.75) is 32.9 Å². The van der Waals surface area contributed by atoms with Gasteiger partial charge < -0.3 is 15.7 Å². The van der Waals surface area contributed by atoms with Crippen LogP contribution in [0, 0.1) is 6.92 Å². The average Bonchev–Trinajstić information content (AvgIpc) is 2.99. The van der Waals surface area contributed by atoms with Gasteiger partial charge in [0, 0.05) is 23.8 Å². The van der Waals surface area contributed by atoms with Crippen molar-refractivity contribution in [1.29, 1.82) is 0 Å². The quantitative estimate of drug-likeness (QED) is 0.616. The fourth-order valence-corrected chi connectivity index (χ4v) is 3.44. The van der Waals surface area contributed by atoms with Crippen molar-refractivity contribution < 1.29 is 9.90 Å². The number of nitrogens with one attached hydrogen (secondary N) is 2. The third-order valence-electron chi connectivity index (χ3n) is 3.80. The fourth-order valence-electron chi connectivity index (χ4n) is 2.50. The van der Waals surface area contributed by atoms with E-state index in [0.29, 0.717) is 11.6 Å². The molecule has 3 aromatic rings. The van der Waals surface area contributed by atoms with Crippen LogP contribution < -0.4 is 10.6 Å². The molecule has 3 rings (SSSR count). The predicted molar refractivity (Wildman–Crippen MR) is 102 cm³/mol. The van der Waals surface area contributed by atoms with Crippen LogP contribution in [0.3, 0.4) is 0 Å². The summed E-state index contributed by atoms with van der Waals surface area (Å²) in [6.45, 7) is 5.74. The number of aliphatic hydroxyl groups is 1. The van der Waals surface area contributed by atoms with Gasteiger partial charge in [-0.2, -0.15) is 0 Å². The van der Waals surface area contributed by atoms with Crippen molar-refractivity contribution in [3.63, 3.8) is 0 Å². The van der Waals surface area contributed by atoms with Crippen molar-refractivity contribution >= 4 is 33.4 Å². The number of thiophene rings is 1. The Morgan fingerprint density at radius 1 is 1.35 bits per heavy atom. The monoisotopic (exact) mass is 371 g/mol. The van der Waals surface area contributed by atoms with Crippen LogP contribution in [0.25, 0.3) is 10.2 Å². The van der Waals surface area contributed by atoms with Crippen LogP contribution in [0.2, 0.25) is 0 Å². The smallest absolute Gasteiger partial charge is 0.271 e. The highest BCUT2D eigenvalue weighted by atomic mass is 32.1. The normalized spacial score (nSPS) is 13.4. The molecule has 0 saturated heterocycles. The van der Waals surface area contributed by atoms with Crippen molar-refractivity contribution in [1.82, 2.24) is 20.3 Å². The van der Waals surface area contributed by atoms with E-state index in [1.807, 2.05) is 32.0 Å². The molecule has 0 fully saturated rings. The molecule has 0 aliphatic heterocycles. The molecule has 1 unspecified atom stereocenters. The van der Waals surface area contributed by atoms with Gasteiger partial charge in [0.2, 0.25) is 5.95 Å². The molecule has 26 heavy (non-hydrogen) atoms. The van der Waals surface area contributed by atoms with Crippen LogP contribution in [0.5, 0.6) is 0 Å². The lowest BCUT2D eigenvalue weighted by Gasteiger charge is -2.15. The molecule has 0 aliphatic carbocycles. The Hall–Kier alpha value is -2.58. The Morgan fingerprint density at radius 3 is 2.85 bits per heavy atom. The maximum atomic E-state index is 12.5. The van der Waals surface area contributed by atoms with Gasteiger partial charge in [0.15, 0.2) is 5.69 Å². The Bertz CT molecular complexity index is 911. The molecule has 136 valence electrons. The summed E-state index contributed by atoms with van der Waals surface area (Å²) >= 11 is 1.48. The lowest BCUT2D eigenvalue weighted by Crippen LogP contribution is -2.31. The number of nitrogens with zero attached hydrogens (tertiary/aromatic N) is 3. The first-order valence-corrected chi connectivity index (χ1v) is 9.16. The average molecular weight is 371 g/mol. The number of anilines is 1. The molecule has 3 heterocycles. The van der Waals surface area contributed by atoms with E-state index >= 15 is 0 Å². The molecule has 0 radical (unpaired) electrons. The molecule has 7 nitrogen and oxygen atoms in total. The molecule has 2 atom stereocenters. The first kappa shape index (κ1) is 18.2. The highest BCUT2D eigenvalue weighted by molar-refractivity contribution is 7.19. The Kier molecular flexibility index (Phi) is 5.43. The molecular formula is C18H21N5O2S. The third kappa shape index (κ3) is 4.14. The number of aromatic nitrogens is 3. The van der Waals surface area contributed by atoms with Gasteiger partial charge in [-0.15, -0.1) is 11.3 Å². The lowest BCUT2D eigenvalue weighted by atomic mass is 10.1. The van der Waals surface area contributed by atoms with Crippen molar-refractivity contribution in [3.8, 4) is 0 Å². The van der Waals surface area contributed by atoms with E-state index < -0.39 is 6.10 Å². The molecule has 0 aliphatic rings. The minimum Gasteiger partial charge on any atom is -0.392 e. The predicted octanol–water partition coefficient (Wildman–Crippen LogP) is 2.68. The van der Waals surface area contributed by atoms with E-state index in [2.05, 4.69) is 25.6 Å². The third-order valence-corrected chi connectivity index (χ3v) is 4.84. The minimum absolute atomic E-state index is 0.0609. The molecule has 0 spiro atoms. The number of carbonyl (C=O) groups is 1. The van der Waals surface area contributed by atoms with Crippen molar-refractivity contribution in [2.24, 2.45) is 0 Å². The van der Waals surface area contributed by atoms with E-state index in [4.69, 9.17) is 0 Å². The fraction of sp³-hybridized carbons (Fsp3) is 0.333. The number of aliphatic hydroxyl groups excluding tert-OH is 1. The van der Waals surface area contributed by atoms with Gasteiger partial charge in [0.1, 0.15) is 0 Å². The zero-order chi connectivity index (χ0) is 18.7. The largest absolute Gasteiger partial charge is 0.392 e. The first-order chi connectivity index (χ1) is 12.4. The van der Waals surface area contributed by atoms with E-state index in [1.165, 1.54) is 11.3 Å². The van der Waals surface area contributed by atoms with Gasteiger partial charge in [0.05, 0.1) is 22.4 Å². The van der Waals surface area contributed by atoms with Gasteiger partial charge in [-0.25, -0.2) is 9.97 Å². The molecule has 0 aromatic carbocycles. The van der Waals surface area contributed by atoms with Crippen LogP contribution in [0.4, 0.5) is 5.95 Å². The van der Waals surface area contributed by atoms with Crippen LogP contribution in [0.15, 0.2) is 30.6 Å². The molecule has 8 heteroatoms. The summed E-state index contributed by atoms with van der Waals surface area (Å²) in [4.78, 5) is 26.7. The van der Waals surface area contributed by atoms with Crippen LogP contribution in [-0.4, -0.2) is 38.6 Å². The van der Waals surface area contributed by atoms with Crippen molar-refractivity contribution in [3.05, 3.63) is 46.7 Å². The Balaban J connectivity index is 1.92. The molecule has 1 amide bonds. The van der Waals surface area contributed by atoms with E-state index in [-0.39, 0.29) is 18.5 Å². The number of pyridine rings is 1. The van der Waals surface area contributed by atoms with Gasteiger partial charge in [0.25, 0.3) is 5.91 Å². The number of hydrogen-bond donors (Lipinski definition) is 3. The summed E-state index contributed by atoms with van der Waals surface area (Å²) in [6.07, 6.45) is 2.88. The van der Waals surface area contributed by atoms with Crippen LogP contribution >= 0.6 is 11.3 Å². The summed E-state index contributed by atoms with van der Waals surface area (Å²) < 4.78 is 0.741. The van der Waals surface area contributed by atoms with Gasteiger partial charge >= 0.3 is 0 Å². The molecule has 3 aromatic heterocycles. The molecular weight excluding hydrogens is 350 g/mol. The van der Waals surface area contributed by atoms with Gasteiger partial charge in [-0.3, -0.25) is 9.78 Å². The maximum absolute atomic E-state index is 12.5. The number of fused-ring (bicyclic) bond motifs is 1. The summed E-state index contributed by atoms with van der Waals surface area (Å²) in [5.41, 5.74) is 2.04. The zero-order valence-electron chi connectivity index (χ0n) is 14.9. The summed E-state index contributed by atoms with van der Waals surface area (Å²) in [6, 6.07) is 5.71. The van der Waals surface area contributed by atoms with E-state index in [1.54, 1.807) is 19.3 Å². The van der Waals surface area contributed by atoms with Crippen LogP contribution in [-0.2, 0) is 0 Å². The second-order valence-corrected chi connectivity index (χ2v) is 7.43. The number of amides is 1. The highest BCUT2D eigenvalue weighted by Gasteiger charge is 2.18. The second kappa shape index (κ2) is 7.76. The van der Waals surface area contributed by atoms with E-state index in [0.717, 1.165) is 20.7 Å². The van der Waals surface area contributed by atoms with E-state index in [9.17, 15) is 9.90 Å². The topological polar surface area (TPSA) is 100 Å². The van der Waals surface area contributed by atoms with Gasteiger partial charge in [-0.05, 0) is 38.5 Å². The first-order valence-electron chi connectivity index (χ1n) is 8.35. The summed E-state index contributed by atoms with van der Waals surface area (Å²) in [5.74, 6) is 0.0612. The standard InChI is InChI=1S/C18H21N5O2S/c1-10(24)8-20-17(25)15-16-14(7-11(2)26-16)22-18(23-15)21-12(3)13-5-4-6-19-9-13/h4-7,9-10,12,24H,8H2,1-3H3,(H,20,25)(H,21,22,23)/t10?,12-/m0/s1. The molecule has 3 N–H and O–H groups in total. The van der Waals surface area contributed by atoms with Crippen molar-refractivity contribution in [2.75, 3.05) is 11.9 Å². The molecule has 0 bridgehead atoms. The highest BCUT2D eigenvalue weighted by Crippen LogP contribution is 2.28. The number of aryl methyl sites for hydroxylation is 1. The summed E-state index contributed by atoms with van der Waals surface area (Å²) in [7, 11) is 0. The summed E-state index contributed by atoms with van der Waals surface area (Å²) in [5, 5.41) is 15.3. The lowest BCUT2D eigenvalue weighted by molar-refractivity contribution is 0.0921. The Labute approximate surface area is 155 Å². The number of carbonyl (C=O) groups excluding carboxylic acids is 1. The number of hydrogen-bond acceptors (Lipinski definition) is 7. The van der Waals surface area contributed by atoms with Gasteiger partial charge in [-0.1, -0.05) is 6.07 Å². The van der Waals surface area contributed by atoms with Crippen LogP contribution in [0.1, 0.15) is 40.8 Å². The SMILES string of the molecule is Cc1cc2nc(N[C@@H](C)c3cccnc3)nc(C(=O)NCC(C)O)c2s1. The maximum Gasteiger partial charge on any atom is 0.271 e. The Morgan fingerprint density at radius 2 is 2.15 bits per heavy atom.